The number of nitrogens with one attached hydrogen (secondary N) is 1. The van der Waals surface area contributed by atoms with Crippen molar-refractivity contribution >= 4 is 17.3 Å². The van der Waals surface area contributed by atoms with Gasteiger partial charge in [0, 0.05) is 36.5 Å². The van der Waals surface area contributed by atoms with Crippen molar-refractivity contribution in [3.63, 3.8) is 0 Å². The predicted octanol–water partition coefficient (Wildman–Crippen LogP) is 2.81. The van der Waals surface area contributed by atoms with E-state index in [9.17, 15) is 4.79 Å². The topological polar surface area (TPSA) is 73.6 Å². The van der Waals surface area contributed by atoms with Crippen molar-refractivity contribution < 1.29 is 14.3 Å². The van der Waals surface area contributed by atoms with Crippen LogP contribution in [0.25, 0.3) is 0 Å². The third-order valence-electron chi connectivity index (χ3n) is 2.49. The molecule has 5 nitrogen and oxygen atoms in total. The summed E-state index contributed by atoms with van der Waals surface area (Å²) < 4.78 is 10.5. The molecule has 112 valence electrons. The van der Waals surface area contributed by atoms with Crippen LogP contribution in [-0.2, 0) is 9.53 Å². The van der Waals surface area contributed by atoms with Crippen LogP contribution in [0.4, 0.5) is 11.4 Å². The molecule has 0 aromatic heterocycles. The van der Waals surface area contributed by atoms with Crippen LogP contribution in [0.5, 0.6) is 5.75 Å². The van der Waals surface area contributed by atoms with Gasteiger partial charge in [-0.1, -0.05) is 0 Å². The molecule has 0 spiro atoms. The molecule has 20 heavy (non-hydrogen) atoms. The Labute approximate surface area is 120 Å². The van der Waals surface area contributed by atoms with Gasteiger partial charge in [0.1, 0.15) is 5.75 Å². The van der Waals surface area contributed by atoms with Crippen LogP contribution in [0.3, 0.4) is 0 Å². The molecule has 0 amide bonds. The van der Waals surface area contributed by atoms with Crippen molar-refractivity contribution in [3.8, 4) is 5.75 Å². The van der Waals surface area contributed by atoms with E-state index in [1.807, 2.05) is 26.0 Å². The number of nitrogen functional groups attached to an aromatic ring is 1. The smallest absolute Gasteiger partial charge is 0.305 e. The molecule has 1 aromatic carbocycles. The first kappa shape index (κ1) is 16.1. The number of carbonyl (C=O) groups is 1. The zero-order chi connectivity index (χ0) is 15.0. The fraction of sp³-hybridized carbons (Fsp3) is 0.533. The minimum Gasteiger partial charge on any atom is -0.491 e. The molecule has 0 bridgehead atoms. The number of nitrogens with two attached hydrogens (primary N) is 1. The lowest BCUT2D eigenvalue weighted by Crippen LogP contribution is -2.09. The summed E-state index contributed by atoms with van der Waals surface area (Å²) >= 11 is 0. The number of carbonyl (C=O) groups excluding carboxylic acids is 1. The first-order valence-corrected chi connectivity index (χ1v) is 6.98. The van der Waals surface area contributed by atoms with E-state index in [-0.39, 0.29) is 12.1 Å². The predicted molar refractivity (Wildman–Crippen MR) is 81.0 cm³/mol. The van der Waals surface area contributed by atoms with Crippen LogP contribution < -0.4 is 15.8 Å². The van der Waals surface area contributed by atoms with Crippen LogP contribution in [0.2, 0.25) is 0 Å². The molecule has 1 aromatic rings. The standard InChI is InChI=1S/C15H24N2O3/c1-4-19-15(18)6-5-7-17-13-8-12(16)9-14(10-13)20-11(2)3/h8-11,17H,4-7,16H2,1-3H3. The Morgan fingerprint density at radius 1 is 1.35 bits per heavy atom. The summed E-state index contributed by atoms with van der Waals surface area (Å²) in [5.74, 6) is 0.582. The number of ether oxygens (including phenoxy) is 2. The Hall–Kier alpha value is -1.91. The van der Waals surface area contributed by atoms with E-state index < -0.39 is 0 Å². The highest BCUT2D eigenvalue weighted by Crippen LogP contribution is 2.23. The van der Waals surface area contributed by atoms with Gasteiger partial charge in [0.2, 0.25) is 0 Å². The van der Waals surface area contributed by atoms with Gasteiger partial charge in [-0.25, -0.2) is 0 Å². The highest BCUT2D eigenvalue weighted by Gasteiger charge is 2.04. The molecule has 3 N–H and O–H groups in total. The van der Waals surface area contributed by atoms with Gasteiger partial charge in [0.15, 0.2) is 0 Å². The largest absolute Gasteiger partial charge is 0.491 e. The number of rotatable bonds is 8. The summed E-state index contributed by atoms with van der Waals surface area (Å²) in [5.41, 5.74) is 7.38. The summed E-state index contributed by atoms with van der Waals surface area (Å²) in [6.07, 6.45) is 1.24. The highest BCUT2D eigenvalue weighted by atomic mass is 16.5. The fourth-order valence-corrected chi connectivity index (χ4v) is 1.76. The van der Waals surface area contributed by atoms with Gasteiger partial charge in [-0.2, -0.15) is 0 Å². The van der Waals surface area contributed by atoms with Gasteiger partial charge in [0.05, 0.1) is 12.7 Å². The quantitative estimate of drug-likeness (QED) is 0.435. The van der Waals surface area contributed by atoms with Crippen molar-refractivity contribution in [2.75, 3.05) is 24.2 Å². The third kappa shape index (κ3) is 6.31. The van der Waals surface area contributed by atoms with Crippen LogP contribution in [-0.4, -0.2) is 25.2 Å². The van der Waals surface area contributed by atoms with E-state index in [1.165, 1.54) is 0 Å². The molecule has 0 saturated heterocycles. The zero-order valence-corrected chi connectivity index (χ0v) is 12.4. The van der Waals surface area contributed by atoms with Crippen molar-refractivity contribution in [1.82, 2.24) is 0 Å². The van der Waals surface area contributed by atoms with Crippen molar-refractivity contribution in [2.24, 2.45) is 0 Å². The monoisotopic (exact) mass is 280 g/mol. The maximum Gasteiger partial charge on any atom is 0.305 e. The van der Waals surface area contributed by atoms with Gasteiger partial charge >= 0.3 is 5.97 Å². The van der Waals surface area contributed by atoms with E-state index in [0.717, 1.165) is 11.4 Å². The number of hydrogen-bond acceptors (Lipinski definition) is 5. The summed E-state index contributed by atoms with van der Waals surface area (Å²) in [4.78, 5) is 11.2. The van der Waals surface area contributed by atoms with Gasteiger partial charge in [-0.3, -0.25) is 4.79 Å². The lowest BCUT2D eigenvalue weighted by molar-refractivity contribution is -0.143. The molecule has 0 aliphatic carbocycles. The fourth-order valence-electron chi connectivity index (χ4n) is 1.76. The number of benzene rings is 1. The molecule has 0 unspecified atom stereocenters. The molecule has 0 fully saturated rings. The maximum atomic E-state index is 11.2. The van der Waals surface area contributed by atoms with E-state index in [1.54, 1.807) is 13.0 Å². The molecule has 5 heteroatoms. The first-order valence-electron chi connectivity index (χ1n) is 6.98. The summed E-state index contributed by atoms with van der Waals surface area (Å²) in [7, 11) is 0. The normalized spacial score (nSPS) is 10.4. The second-order valence-corrected chi connectivity index (χ2v) is 4.79. The second-order valence-electron chi connectivity index (χ2n) is 4.79. The van der Waals surface area contributed by atoms with Gasteiger partial charge in [0.25, 0.3) is 0 Å². The molecule has 0 atom stereocenters. The number of hydrogen-bond donors (Lipinski definition) is 2. The Morgan fingerprint density at radius 3 is 2.75 bits per heavy atom. The van der Waals surface area contributed by atoms with Crippen LogP contribution >= 0.6 is 0 Å². The average molecular weight is 280 g/mol. The van der Waals surface area contributed by atoms with Crippen molar-refractivity contribution in [3.05, 3.63) is 18.2 Å². The summed E-state index contributed by atoms with van der Waals surface area (Å²) in [6.45, 7) is 6.85. The minimum absolute atomic E-state index is 0.105. The van der Waals surface area contributed by atoms with Crippen LogP contribution in [0, 0.1) is 0 Å². The maximum absolute atomic E-state index is 11.2. The molecule has 0 heterocycles. The van der Waals surface area contributed by atoms with E-state index in [0.29, 0.717) is 31.7 Å². The third-order valence-corrected chi connectivity index (χ3v) is 2.49. The number of esters is 1. The molecule has 0 aliphatic rings. The van der Waals surface area contributed by atoms with E-state index in [2.05, 4.69) is 5.32 Å². The number of anilines is 2. The van der Waals surface area contributed by atoms with Gasteiger partial charge in [-0.05, 0) is 33.3 Å². The van der Waals surface area contributed by atoms with E-state index in [4.69, 9.17) is 15.2 Å². The Morgan fingerprint density at radius 2 is 2.10 bits per heavy atom. The lowest BCUT2D eigenvalue weighted by Gasteiger charge is -2.13. The zero-order valence-electron chi connectivity index (χ0n) is 12.4. The Bertz CT molecular complexity index is 433. The van der Waals surface area contributed by atoms with Gasteiger partial charge < -0.3 is 20.5 Å². The molecular weight excluding hydrogens is 256 g/mol. The van der Waals surface area contributed by atoms with Crippen molar-refractivity contribution in [2.45, 2.75) is 39.7 Å². The molecular formula is C15H24N2O3. The van der Waals surface area contributed by atoms with Crippen molar-refractivity contribution in [1.29, 1.82) is 0 Å². The minimum atomic E-state index is -0.161. The molecule has 1 rings (SSSR count). The molecule has 0 aliphatic heterocycles. The summed E-state index contributed by atoms with van der Waals surface area (Å²) in [5, 5.41) is 3.23. The van der Waals surface area contributed by atoms with Crippen LogP contribution in [0.1, 0.15) is 33.6 Å². The van der Waals surface area contributed by atoms with Gasteiger partial charge in [-0.15, -0.1) is 0 Å². The average Bonchev–Trinajstić information content (AvgIpc) is 2.33. The van der Waals surface area contributed by atoms with E-state index >= 15 is 0 Å². The second kappa shape index (κ2) is 8.30. The Balaban J connectivity index is 2.43. The summed E-state index contributed by atoms with van der Waals surface area (Å²) in [6, 6.07) is 5.54. The SMILES string of the molecule is CCOC(=O)CCCNc1cc(N)cc(OC(C)C)c1. The highest BCUT2D eigenvalue weighted by molar-refractivity contribution is 5.69. The molecule has 0 radical (unpaired) electrons. The Kier molecular flexibility index (Phi) is 6.70. The molecule has 0 saturated carbocycles. The first-order chi connectivity index (χ1) is 9.51. The lowest BCUT2D eigenvalue weighted by atomic mass is 10.2. The van der Waals surface area contributed by atoms with Crippen LogP contribution in [0.15, 0.2) is 18.2 Å².